The summed E-state index contributed by atoms with van der Waals surface area (Å²) in [6.07, 6.45) is 10.8. The number of hydrogen-bond donors (Lipinski definition) is 0. The van der Waals surface area contributed by atoms with Crippen LogP contribution in [0.15, 0.2) is 24.0 Å². The van der Waals surface area contributed by atoms with Crippen LogP contribution < -0.4 is 0 Å². The number of nitrogens with zero attached hydrogens (tertiary/aromatic N) is 2. The highest BCUT2D eigenvalue weighted by atomic mass is 15.3. The van der Waals surface area contributed by atoms with Crippen LogP contribution in [0.4, 0.5) is 0 Å². The van der Waals surface area contributed by atoms with Crippen molar-refractivity contribution in [3.05, 3.63) is 24.0 Å². The highest BCUT2D eigenvalue weighted by Crippen LogP contribution is 2.45. The van der Waals surface area contributed by atoms with Gasteiger partial charge in [-0.05, 0) is 26.3 Å². The summed E-state index contributed by atoms with van der Waals surface area (Å²) in [7, 11) is 2.27. The molecular formula is C11H16N2. The van der Waals surface area contributed by atoms with Crippen LogP contribution in [-0.2, 0) is 0 Å². The van der Waals surface area contributed by atoms with Crippen molar-refractivity contribution in [2.24, 2.45) is 0 Å². The van der Waals surface area contributed by atoms with E-state index in [9.17, 15) is 0 Å². The smallest absolute Gasteiger partial charge is 0.0407 e. The quantitative estimate of drug-likeness (QED) is 0.553. The predicted molar refractivity (Wildman–Crippen MR) is 53.1 cm³/mol. The van der Waals surface area contributed by atoms with Gasteiger partial charge in [-0.1, -0.05) is 12.2 Å². The topological polar surface area (TPSA) is 6.48 Å². The lowest BCUT2D eigenvalue weighted by atomic mass is 10.1. The molecule has 3 aliphatic rings. The number of hydrogen-bond acceptors (Lipinski definition) is 2. The van der Waals surface area contributed by atoms with Crippen LogP contribution in [0.2, 0.25) is 0 Å². The largest absolute Gasteiger partial charge is 0.349 e. The van der Waals surface area contributed by atoms with E-state index in [1.54, 1.807) is 0 Å². The SMILES string of the molecule is CN1CC2=CCC=CN2CC12CC2. The van der Waals surface area contributed by atoms with E-state index in [0.29, 0.717) is 5.54 Å². The van der Waals surface area contributed by atoms with Gasteiger partial charge in [0.15, 0.2) is 0 Å². The minimum atomic E-state index is 0.541. The molecule has 0 aromatic heterocycles. The zero-order chi connectivity index (χ0) is 8.89. The summed E-state index contributed by atoms with van der Waals surface area (Å²) in [6.45, 7) is 2.36. The van der Waals surface area contributed by atoms with Gasteiger partial charge in [0, 0.05) is 30.5 Å². The first-order valence-electron chi connectivity index (χ1n) is 5.14. The highest BCUT2D eigenvalue weighted by Gasteiger charge is 2.50. The molecule has 1 saturated carbocycles. The van der Waals surface area contributed by atoms with Crippen LogP contribution in [0.5, 0.6) is 0 Å². The Bertz CT molecular complexity index is 286. The molecular weight excluding hydrogens is 160 g/mol. The van der Waals surface area contributed by atoms with Crippen LogP contribution in [0.25, 0.3) is 0 Å². The van der Waals surface area contributed by atoms with Crippen LogP contribution >= 0.6 is 0 Å². The van der Waals surface area contributed by atoms with Gasteiger partial charge < -0.3 is 4.90 Å². The second-order valence-corrected chi connectivity index (χ2v) is 4.52. The zero-order valence-corrected chi connectivity index (χ0v) is 8.16. The van der Waals surface area contributed by atoms with E-state index >= 15 is 0 Å². The Morgan fingerprint density at radius 2 is 2.23 bits per heavy atom. The molecule has 1 aliphatic carbocycles. The number of allylic oxidation sites excluding steroid dienone is 2. The molecule has 70 valence electrons. The van der Waals surface area contributed by atoms with Crippen molar-refractivity contribution < 1.29 is 0 Å². The number of rotatable bonds is 0. The Hall–Kier alpha value is -0.760. The standard InChI is InChI=1S/C11H16N2/c1-12-8-10-4-2-3-7-13(10)9-11(12)5-6-11/h3-4,7H,2,5-6,8-9H2,1H3. The molecule has 1 saturated heterocycles. The lowest BCUT2D eigenvalue weighted by molar-refractivity contribution is 0.144. The summed E-state index contributed by atoms with van der Waals surface area (Å²) in [4.78, 5) is 4.98. The molecule has 0 aromatic carbocycles. The maximum atomic E-state index is 2.54. The molecule has 2 heterocycles. The van der Waals surface area contributed by atoms with E-state index in [1.165, 1.54) is 25.1 Å². The Labute approximate surface area is 79.5 Å². The molecule has 0 bridgehead atoms. The maximum Gasteiger partial charge on any atom is 0.0407 e. The van der Waals surface area contributed by atoms with Crippen molar-refractivity contribution >= 4 is 0 Å². The maximum absolute atomic E-state index is 2.54. The van der Waals surface area contributed by atoms with Gasteiger partial charge in [0.2, 0.25) is 0 Å². The fourth-order valence-corrected chi connectivity index (χ4v) is 2.45. The third-order valence-electron chi connectivity index (χ3n) is 3.64. The first-order valence-corrected chi connectivity index (χ1v) is 5.14. The lowest BCUT2D eigenvalue weighted by Gasteiger charge is -2.42. The zero-order valence-electron chi connectivity index (χ0n) is 8.16. The first-order chi connectivity index (χ1) is 6.30. The molecule has 0 radical (unpaired) electrons. The van der Waals surface area contributed by atoms with E-state index in [0.717, 1.165) is 13.0 Å². The molecule has 0 N–H and O–H groups in total. The molecule has 0 aromatic rings. The van der Waals surface area contributed by atoms with Gasteiger partial charge in [-0.3, -0.25) is 4.90 Å². The normalized spacial score (nSPS) is 30.2. The van der Waals surface area contributed by atoms with E-state index in [2.05, 4.69) is 35.2 Å². The molecule has 0 atom stereocenters. The van der Waals surface area contributed by atoms with Crippen LogP contribution in [0, 0.1) is 0 Å². The van der Waals surface area contributed by atoms with Gasteiger partial charge in [0.05, 0.1) is 0 Å². The van der Waals surface area contributed by atoms with Crippen molar-refractivity contribution in [1.29, 1.82) is 0 Å². The fourth-order valence-electron chi connectivity index (χ4n) is 2.45. The van der Waals surface area contributed by atoms with Crippen LogP contribution in [0.3, 0.4) is 0 Å². The Morgan fingerprint density at radius 1 is 1.38 bits per heavy atom. The number of fused-ring (bicyclic) bond motifs is 1. The lowest BCUT2D eigenvalue weighted by Crippen LogP contribution is -2.50. The summed E-state index contributed by atoms with van der Waals surface area (Å²) in [5.74, 6) is 0. The van der Waals surface area contributed by atoms with Gasteiger partial charge in [0.1, 0.15) is 0 Å². The third kappa shape index (κ3) is 1.05. The average Bonchev–Trinajstić information content (AvgIpc) is 2.88. The highest BCUT2D eigenvalue weighted by molar-refractivity contribution is 5.23. The molecule has 2 nitrogen and oxygen atoms in total. The summed E-state index contributed by atoms with van der Waals surface area (Å²) in [6, 6.07) is 0. The summed E-state index contributed by atoms with van der Waals surface area (Å²) in [5.41, 5.74) is 2.04. The minimum Gasteiger partial charge on any atom is -0.349 e. The number of likely N-dealkylation sites (N-methyl/N-ethyl adjacent to an activating group) is 1. The van der Waals surface area contributed by atoms with Crippen LogP contribution in [-0.4, -0.2) is 35.5 Å². The van der Waals surface area contributed by atoms with Gasteiger partial charge in [-0.2, -0.15) is 0 Å². The summed E-state index contributed by atoms with van der Waals surface area (Å²) >= 11 is 0. The second kappa shape index (κ2) is 2.38. The van der Waals surface area contributed by atoms with E-state index in [1.807, 2.05) is 0 Å². The molecule has 1 spiro atoms. The van der Waals surface area contributed by atoms with Crippen molar-refractivity contribution in [2.45, 2.75) is 24.8 Å². The molecule has 2 aliphatic heterocycles. The summed E-state index contributed by atoms with van der Waals surface area (Å²) in [5, 5.41) is 0. The van der Waals surface area contributed by atoms with E-state index < -0.39 is 0 Å². The minimum absolute atomic E-state index is 0.541. The Kier molecular flexibility index (Phi) is 1.40. The van der Waals surface area contributed by atoms with Crippen molar-refractivity contribution in [3.8, 4) is 0 Å². The molecule has 2 fully saturated rings. The molecule has 2 heteroatoms. The molecule has 13 heavy (non-hydrogen) atoms. The Balaban J connectivity index is 1.87. The first kappa shape index (κ1) is 7.63. The van der Waals surface area contributed by atoms with E-state index in [-0.39, 0.29) is 0 Å². The van der Waals surface area contributed by atoms with Gasteiger partial charge in [-0.25, -0.2) is 0 Å². The molecule has 3 rings (SSSR count). The Morgan fingerprint density at radius 3 is 3.00 bits per heavy atom. The monoisotopic (exact) mass is 176 g/mol. The second-order valence-electron chi connectivity index (χ2n) is 4.52. The summed E-state index contributed by atoms with van der Waals surface area (Å²) < 4.78 is 0. The predicted octanol–water partition coefficient (Wildman–Crippen LogP) is 1.57. The van der Waals surface area contributed by atoms with Crippen molar-refractivity contribution in [2.75, 3.05) is 20.1 Å². The number of piperazine rings is 1. The van der Waals surface area contributed by atoms with Crippen molar-refractivity contribution in [1.82, 2.24) is 9.80 Å². The van der Waals surface area contributed by atoms with Gasteiger partial charge in [0.25, 0.3) is 0 Å². The van der Waals surface area contributed by atoms with Crippen molar-refractivity contribution in [3.63, 3.8) is 0 Å². The third-order valence-corrected chi connectivity index (χ3v) is 3.64. The van der Waals surface area contributed by atoms with Crippen LogP contribution in [0.1, 0.15) is 19.3 Å². The van der Waals surface area contributed by atoms with Gasteiger partial charge >= 0.3 is 0 Å². The average molecular weight is 176 g/mol. The van der Waals surface area contributed by atoms with E-state index in [4.69, 9.17) is 0 Å². The van der Waals surface area contributed by atoms with Gasteiger partial charge in [-0.15, -0.1) is 0 Å². The molecule has 0 unspecified atom stereocenters. The fraction of sp³-hybridized carbons (Fsp3) is 0.636. The molecule has 0 amide bonds.